The highest BCUT2D eigenvalue weighted by molar-refractivity contribution is 7.89. The first-order valence-corrected chi connectivity index (χ1v) is 13.2. The van der Waals surface area contributed by atoms with E-state index in [0.29, 0.717) is 11.1 Å². The molecule has 0 saturated carbocycles. The molecule has 3 rings (SSSR count). The van der Waals surface area contributed by atoms with Crippen molar-refractivity contribution < 1.29 is 23.1 Å². The number of hydrogen-bond donors (Lipinski definition) is 1. The lowest BCUT2D eigenvalue weighted by Gasteiger charge is -2.37. The van der Waals surface area contributed by atoms with E-state index < -0.39 is 22.2 Å². The normalized spacial score (nSPS) is 20.3. The minimum Gasteiger partial charge on any atom is -0.487 e. The highest BCUT2D eigenvalue weighted by Crippen LogP contribution is 2.34. The summed E-state index contributed by atoms with van der Waals surface area (Å²) in [5.74, 6) is 5.88. The summed E-state index contributed by atoms with van der Waals surface area (Å²) in [6, 6.07) is 7.51. The van der Waals surface area contributed by atoms with Gasteiger partial charge in [0, 0.05) is 55.5 Å². The quantitative estimate of drug-likeness (QED) is 0.614. The summed E-state index contributed by atoms with van der Waals surface area (Å²) in [6.07, 6.45) is 4.29. The summed E-state index contributed by atoms with van der Waals surface area (Å²) in [5.41, 5.74) is 1.16. The Morgan fingerprint density at radius 2 is 2.03 bits per heavy atom. The van der Waals surface area contributed by atoms with Gasteiger partial charge in [-0.25, -0.2) is 8.42 Å². The first kappa shape index (κ1) is 26.7. The predicted octanol–water partition coefficient (Wildman–Crippen LogP) is 2.77. The van der Waals surface area contributed by atoms with Gasteiger partial charge >= 0.3 is 0 Å². The van der Waals surface area contributed by atoms with Crippen LogP contribution in [-0.4, -0.2) is 72.5 Å². The molecular weight excluding hydrogens is 466 g/mol. The van der Waals surface area contributed by atoms with Crippen molar-refractivity contribution in [2.24, 2.45) is 5.92 Å². The van der Waals surface area contributed by atoms with E-state index in [-0.39, 0.29) is 42.2 Å². The number of rotatable bonds is 6. The molecule has 8 nitrogen and oxygen atoms in total. The Labute approximate surface area is 208 Å². The molecule has 1 aromatic carbocycles. The van der Waals surface area contributed by atoms with Crippen molar-refractivity contribution in [3.05, 3.63) is 53.9 Å². The Bertz CT molecular complexity index is 1190. The zero-order chi connectivity index (χ0) is 25.6. The van der Waals surface area contributed by atoms with Crippen molar-refractivity contribution in [3.63, 3.8) is 0 Å². The first-order valence-electron chi connectivity index (χ1n) is 11.8. The van der Waals surface area contributed by atoms with Crippen LogP contribution >= 0.6 is 0 Å². The Kier molecular flexibility index (Phi) is 8.89. The van der Waals surface area contributed by atoms with Crippen molar-refractivity contribution in [2.75, 3.05) is 26.7 Å². The van der Waals surface area contributed by atoms with Gasteiger partial charge in [-0.3, -0.25) is 9.78 Å². The molecule has 9 heteroatoms. The first-order chi connectivity index (χ1) is 16.7. The van der Waals surface area contributed by atoms with Crippen LogP contribution in [0.25, 0.3) is 0 Å². The molecular formula is C26H33N3O5S. The Balaban J connectivity index is 2.01. The molecule has 35 heavy (non-hydrogen) atoms. The number of benzene rings is 1. The molecule has 1 aromatic heterocycles. The largest absolute Gasteiger partial charge is 0.487 e. The zero-order valence-electron chi connectivity index (χ0n) is 20.6. The van der Waals surface area contributed by atoms with Crippen LogP contribution in [0.1, 0.15) is 49.5 Å². The van der Waals surface area contributed by atoms with Gasteiger partial charge in [-0.1, -0.05) is 25.7 Å². The zero-order valence-corrected chi connectivity index (χ0v) is 21.5. The fourth-order valence-electron chi connectivity index (χ4n) is 3.88. The SMILES string of the molecule is CCCC#Cc1ccc2c(c1)O[C@H](CN(C)C(=O)c1ccncc1)[C@@H](C)CN([C@H](C)CO)S2(=O)=O. The summed E-state index contributed by atoms with van der Waals surface area (Å²) in [5, 5.41) is 9.78. The fraction of sp³-hybridized carbons (Fsp3) is 0.462. The molecule has 3 atom stereocenters. The number of aliphatic hydroxyl groups is 1. The minimum absolute atomic E-state index is 0.0267. The average molecular weight is 500 g/mol. The number of pyridine rings is 1. The summed E-state index contributed by atoms with van der Waals surface area (Å²) in [4.78, 5) is 18.5. The van der Waals surface area contributed by atoms with Gasteiger partial charge in [0.2, 0.25) is 10.0 Å². The number of hydrogen-bond acceptors (Lipinski definition) is 6. The average Bonchev–Trinajstić information content (AvgIpc) is 2.85. The highest BCUT2D eigenvalue weighted by Gasteiger charge is 2.38. The van der Waals surface area contributed by atoms with E-state index in [0.717, 1.165) is 12.8 Å². The molecule has 2 aromatic rings. The summed E-state index contributed by atoms with van der Waals surface area (Å²) in [7, 11) is -2.24. The number of fused-ring (bicyclic) bond motifs is 1. The number of unbranched alkanes of at least 4 members (excludes halogenated alkanes) is 1. The highest BCUT2D eigenvalue weighted by atomic mass is 32.2. The molecule has 0 saturated heterocycles. The Hall–Kier alpha value is -2.93. The Morgan fingerprint density at radius 3 is 2.69 bits per heavy atom. The van der Waals surface area contributed by atoms with Crippen LogP contribution in [0.2, 0.25) is 0 Å². The van der Waals surface area contributed by atoms with E-state index in [1.54, 1.807) is 55.5 Å². The third-order valence-electron chi connectivity index (χ3n) is 6.00. The van der Waals surface area contributed by atoms with Crippen molar-refractivity contribution in [1.29, 1.82) is 0 Å². The van der Waals surface area contributed by atoms with E-state index in [1.807, 2.05) is 13.8 Å². The third kappa shape index (κ3) is 6.20. The molecule has 1 N–H and O–H groups in total. The van der Waals surface area contributed by atoms with Crippen molar-refractivity contribution in [1.82, 2.24) is 14.2 Å². The maximum Gasteiger partial charge on any atom is 0.253 e. The molecule has 188 valence electrons. The molecule has 0 bridgehead atoms. The monoisotopic (exact) mass is 499 g/mol. The predicted molar refractivity (Wildman–Crippen MR) is 133 cm³/mol. The van der Waals surface area contributed by atoms with Crippen LogP contribution in [0, 0.1) is 17.8 Å². The number of amides is 1. The number of aromatic nitrogens is 1. The summed E-state index contributed by atoms with van der Waals surface area (Å²) >= 11 is 0. The third-order valence-corrected chi connectivity index (χ3v) is 8.02. The molecule has 1 aliphatic heterocycles. The van der Waals surface area contributed by atoms with Gasteiger partial charge in [-0.15, -0.1) is 0 Å². The van der Waals surface area contributed by atoms with Crippen LogP contribution in [0.3, 0.4) is 0 Å². The fourth-order valence-corrected chi connectivity index (χ4v) is 5.70. The second-order valence-electron chi connectivity index (χ2n) is 8.87. The van der Waals surface area contributed by atoms with Gasteiger partial charge in [0.05, 0.1) is 13.2 Å². The smallest absolute Gasteiger partial charge is 0.253 e. The maximum absolute atomic E-state index is 13.5. The number of carbonyl (C=O) groups excluding carboxylic acids is 1. The molecule has 1 aliphatic rings. The van der Waals surface area contributed by atoms with Gasteiger partial charge in [-0.05, 0) is 43.7 Å². The standard InChI is InChI=1S/C26H33N3O5S/c1-5-6-7-8-21-9-10-25-23(15-21)34-24(17-28(4)26(31)22-11-13-27-14-12-22)19(2)16-29(20(3)18-30)35(25,32)33/h9-15,19-20,24,30H,5-6,16-18H2,1-4H3/t19-,20+,24+/m0/s1. The van der Waals surface area contributed by atoms with E-state index in [9.17, 15) is 18.3 Å². The van der Waals surface area contributed by atoms with E-state index in [4.69, 9.17) is 4.74 Å². The van der Waals surface area contributed by atoms with Crippen LogP contribution in [0.15, 0.2) is 47.6 Å². The molecule has 0 fully saturated rings. The van der Waals surface area contributed by atoms with Crippen molar-refractivity contribution in [3.8, 4) is 17.6 Å². The molecule has 1 amide bonds. The number of carbonyl (C=O) groups is 1. The lowest BCUT2D eigenvalue weighted by Crippen LogP contribution is -2.50. The summed E-state index contributed by atoms with van der Waals surface area (Å²) < 4.78 is 34.7. The van der Waals surface area contributed by atoms with Gasteiger partial charge in [0.25, 0.3) is 5.91 Å². The van der Waals surface area contributed by atoms with E-state index >= 15 is 0 Å². The van der Waals surface area contributed by atoms with Crippen LogP contribution in [0.4, 0.5) is 0 Å². The molecule has 0 spiro atoms. The topological polar surface area (TPSA) is 100 Å². The number of ether oxygens (including phenoxy) is 1. The van der Waals surface area contributed by atoms with Crippen LogP contribution < -0.4 is 4.74 Å². The molecule has 0 radical (unpaired) electrons. The van der Waals surface area contributed by atoms with Crippen molar-refractivity contribution in [2.45, 2.75) is 50.7 Å². The lowest BCUT2D eigenvalue weighted by molar-refractivity contribution is 0.0563. The van der Waals surface area contributed by atoms with Gasteiger partial charge in [0.1, 0.15) is 16.7 Å². The second-order valence-corrected chi connectivity index (χ2v) is 10.7. The van der Waals surface area contributed by atoms with Crippen LogP contribution in [0.5, 0.6) is 5.75 Å². The van der Waals surface area contributed by atoms with Gasteiger partial charge in [-0.2, -0.15) is 4.31 Å². The molecule has 0 unspecified atom stereocenters. The van der Waals surface area contributed by atoms with Gasteiger partial charge in [0.15, 0.2) is 0 Å². The van der Waals surface area contributed by atoms with Gasteiger partial charge < -0.3 is 14.7 Å². The second kappa shape index (κ2) is 11.7. The number of aliphatic hydroxyl groups excluding tert-OH is 1. The van der Waals surface area contributed by atoms with E-state index in [2.05, 4.69) is 16.8 Å². The maximum atomic E-state index is 13.5. The van der Waals surface area contributed by atoms with Crippen molar-refractivity contribution >= 4 is 15.9 Å². The number of likely N-dealkylation sites (N-methyl/N-ethyl adjacent to an activating group) is 1. The van der Waals surface area contributed by atoms with E-state index in [1.165, 1.54) is 10.4 Å². The molecule has 2 heterocycles. The number of nitrogens with zero attached hydrogens (tertiary/aromatic N) is 3. The lowest BCUT2D eigenvalue weighted by atomic mass is 10.0. The minimum atomic E-state index is -3.93. The Morgan fingerprint density at radius 1 is 1.31 bits per heavy atom. The molecule has 0 aliphatic carbocycles. The summed E-state index contributed by atoms with van der Waals surface area (Å²) in [6.45, 7) is 5.67. The number of sulfonamides is 1. The van der Waals surface area contributed by atoms with Crippen LogP contribution in [-0.2, 0) is 10.0 Å².